The summed E-state index contributed by atoms with van der Waals surface area (Å²) in [5.41, 5.74) is 4.08. The molecule has 32 heavy (non-hydrogen) atoms. The normalized spacial score (nSPS) is 15.6. The Bertz CT molecular complexity index is 1330. The van der Waals surface area contributed by atoms with Gasteiger partial charge < -0.3 is 14.6 Å². The van der Waals surface area contributed by atoms with Crippen molar-refractivity contribution in [3.63, 3.8) is 0 Å². The number of carbonyl (C=O) groups excluding carboxylic acids is 1. The van der Waals surface area contributed by atoms with Gasteiger partial charge in [0.2, 0.25) is 5.91 Å². The van der Waals surface area contributed by atoms with Crippen LogP contribution in [0.4, 0.5) is 5.69 Å². The predicted octanol–water partition coefficient (Wildman–Crippen LogP) is 5.04. The molecule has 0 saturated carbocycles. The third-order valence-electron chi connectivity index (χ3n) is 6.66. The van der Waals surface area contributed by atoms with E-state index in [0.717, 1.165) is 45.0 Å². The van der Waals surface area contributed by atoms with E-state index in [1.165, 1.54) is 0 Å². The Balaban J connectivity index is 1.51. The van der Waals surface area contributed by atoms with Gasteiger partial charge in [-0.05, 0) is 49.3 Å². The van der Waals surface area contributed by atoms with Gasteiger partial charge in [0, 0.05) is 34.4 Å². The Kier molecular flexibility index (Phi) is 5.17. The summed E-state index contributed by atoms with van der Waals surface area (Å²) < 4.78 is 1.91. The maximum atomic E-state index is 13.7. The Morgan fingerprint density at radius 3 is 2.50 bits per heavy atom. The van der Waals surface area contributed by atoms with Crippen LogP contribution in [0.2, 0.25) is 0 Å². The largest absolute Gasteiger partial charge is 0.480 e. The lowest BCUT2D eigenvalue weighted by molar-refractivity contribution is -0.137. The lowest BCUT2D eigenvalue weighted by Gasteiger charge is -2.30. The fourth-order valence-corrected chi connectivity index (χ4v) is 5.24. The molecule has 1 aromatic heterocycles. The summed E-state index contributed by atoms with van der Waals surface area (Å²) in [5.74, 6) is -0.824. The SMILES string of the molecule is CCN(C(=O)C1CCc2c(c3ccccc3n2CC(=O)O)C1)c1cccc2ccccc12. The number of anilines is 1. The molecule has 5 heteroatoms. The van der Waals surface area contributed by atoms with Crippen LogP contribution >= 0.6 is 0 Å². The summed E-state index contributed by atoms with van der Waals surface area (Å²) in [4.78, 5) is 27.1. The van der Waals surface area contributed by atoms with Crippen LogP contribution in [-0.4, -0.2) is 28.1 Å². The Hall–Kier alpha value is -3.60. The fraction of sp³-hybridized carbons (Fsp3) is 0.259. The number of hydrogen-bond acceptors (Lipinski definition) is 2. The van der Waals surface area contributed by atoms with Gasteiger partial charge >= 0.3 is 5.97 Å². The molecular formula is C27H26N2O3. The molecular weight excluding hydrogens is 400 g/mol. The standard InChI is InChI=1S/C27H26N2O3/c1-2-28(23-13-7-9-18-8-3-4-10-20(18)23)27(32)19-14-15-25-22(16-19)21-11-5-6-12-24(21)29(25)17-26(30)31/h3-13,19H,2,14-17H2,1H3,(H,30,31). The number of carboxylic acids is 1. The van der Waals surface area contributed by atoms with E-state index in [-0.39, 0.29) is 18.4 Å². The Morgan fingerprint density at radius 2 is 1.72 bits per heavy atom. The van der Waals surface area contributed by atoms with Crippen LogP contribution in [0.3, 0.4) is 0 Å². The van der Waals surface area contributed by atoms with Gasteiger partial charge in [-0.3, -0.25) is 9.59 Å². The number of amides is 1. The second-order valence-corrected chi connectivity index (χ2v) is 8.44. The molecule has 1 amide bonds. The highest BCUT2D eigenvalue weighted by Gasteiger charge is 2.32. The van der Waals surface area contributed by atoms with Crippen molar-refractivity contribution in [1.29, 1.82) is 0 Å². The van der Waals surface area contributed by atoms with Crippen molar-refractivity contribution in [2.75, 3.05) is 11.4 Å². The molecule has 162 valence electrons. The van der Waals surface area contributed by atoms with Crippen LogP contribution in [0.25, 0.3) is 21.7 Å². The van der Waals surface area contributed by atoms with Crippen molar-refractivity contribution >= 4 is 39.2 Å². The highest BCUT2D eigenvalue weighted by Crippen LogP contribution is 2.36. The monoisotopic (exact) mass is 426 g/mol. The molecule has 1 heterocycles. The second-order valence-electron chi connectivity index (χ2n) is 8.44. The Morgan fingerprint density at radius 1 is 1.00 bits per heavy atom. The first-order chi connectivity index (χ1) is 15.6. The molecule has 0 bridgehead atoms. The third kappa shape index (κ3) is 3.34. The van der Waals surface area contributed by atoms with Crippen LogP contribution in [0.1, 0.15) is 24.6 Å². The molecule has 1 unspecified atom stereocenters. The second kappa shape index (κ2) is 8.15. The number of benzene rings is 3. The zero-order chi connectivity index (χ0) is 22.2. The number of aliphatic carboxylic acids is 1. The maximum Gasteiger partial charge on any atom is 0.323 e. The van der Waals surface area contributed by atoms with Crippen LogP contribution in [0.15, 0.2) is 66.7 Å². The summed E-state index contributed by atoms with van der Waals surface area (Å²) in [6.45, 7) is 2.58. The van der Waals surface area contributed by atoms with E-state index in [9.17, 15) is 14.7 Å². The van der Waals surface area contributed by atoms with Gasteiger partial charge in [-0.15, -0.1) is 0 Å². The average Bonchev–Trinajstić information content (AvgIpc) is 3.12. The molecule has 5 nitrogen and oxygen atoms in total. The number of aromatic nitrogens is 1. The number of carbonyl (C=O) groups is 2. The van der Waals surface area contributed by atoms with E-state index in [1.807, 2.05) is 64.9 Å². The lowest BCUT2D eigenvalue weighted by atomic mass is 9.85. The van der Waals surface area contributed by atoms with Crippen LogP contribution in [0, 0.1) is 5.92 Å². The average molecular weight is 427 g/mol. The van der Waals surface area contributed by atoms with Crippen molar-refractivity contribution < 1.29 is 14.7 Å². The van der Waals surface area contributed by atoms with Gasteiger partial charge in [-0.2, -0.15) is 0 Å². The molecule has 0 radical (unpaired) electrons. The van der Waals surface area contributed by atoms with E-state index in [1.54, 1.807) is 0 Å². The molecule has 0 aliphatic heterocycles. The number of para-hydroxylation sites is 1. The van der Waals surface area contributed by atoms with Gasteiger partial charge in [0.05, 0.1) is 5.69 Å². The minimum Gasteiger partial charge on any atom is -0.480 e. The molecule has 0 spiro atoms. The number of nitrogens with zero attached hydrogens (tertiary/aromatic N) is 2. The predicted molar refractivity (Wildman–Crippen MR) is 127 cm³/mol. The van der Waals surface area contributed by atoms with Crippen LogP contribution < -0.4 is 4.90 Å². The van der Waals surface area contributed by atoms with Crippen molar-refractivity contribution in [2.24, 2.45) is 5.92 Å². The van der Waals surface area contributed by atoms with Gasteiger partial charge in [0.1, 0.15) is 6.54 Å². The Labute approximate surface area is 186 Å². The molecule has 1 aliphatic carbocycles. The minimum atomic E-state index is -0.847. The number of fused-ring (bicyclic) bond motifs is 4. The summed E-state index contributed by atoms with van der Waals surface area (Å²) in [6, 6.07) is 22.2. The smallest absolute Gasteiger partial charge is 0.323 e. The van der Waals surface area contributed by atoms with Gasteiger partial charge in [-0.1, -0.05) is 54.6 Å². The first kappa shape index (κ1) is 20.3. The molecule has 5 rings (SSSR count). The summed E-state index contributed by atoms with van der Waals surface area (Å²) >= 11 is 0. The van der Waals surface area contributed by atoms with E-state index < -0.39 is 5.97 Å². The first-order valence-corrected chi connectivity index (χ1v) is 11.2. The molecule has 1 atom stereocenters. The van der Waals surface area contributed by atoms with E-state index in [0.29, 0.717) is 19.4 Å². The maximum absolute atomic E-state index is 13.7. The highest BCUT2D eigenvalue weighted by molar-refractivity contribution is 6.04. The lowest BCUT2D eigenvalue weighted by Crippen LogP contribution is -2.38. The van der Waals surface area contributed by atoms with E-state index in [4.69, 9.17) is 0 Å². The van der Waals surface area contributed by atoms with Gasteiger partial charge in [0.15, 0.2) is 0 Å². The van der Waals surface area contributed by atoms with Crippen molar-refractivity contribution in [2.45, 2.75) is 32.7 Å². The van der Waals surface area contributed by atoms with Crippen molar-refractivity contribution in [1.82, 2.24) is 4.57 Å². The van der Waals surface area contributed by atoms with Gasteiger partial charge in [-0.25, -0.2) is 0 Å². The van der Waals surface area contributed by atoms with Crippen LogP contribution in [0.5, 0.6) is 0 Å². The van der Waals surface area contributed by atoms with Crippen molar-refractivity contribution in [3.05, 3.63) is 78.0 Å². The van der Waals surface area contributed by atoms with E-state index >= 15 is 0 Å². The molecule has 0 fully saturated rings. The fourth-order valence-electron chi connectivity index (χ4n) is 5.24. The molecule has 3 aromatic carbocycles. The number of hydrogen-bond donors (Lipinski definition) is 1. The molecule has 1 aliphatic rings. The van der Waals surface area contributed by atoms with Gasteiger partial charge in [0.25, 0.3) is 0 Å². The molecule has 0 saturated heterocycles. The van der Waals surface area contributed by atoms with E-state index in [2.05, 4.69) is 18.2 Å². The summed E-state index contributed by atoms with van der Waals surface area (Å²) in [5, 5.41) is 12.7. The first-order valence-electron chi connectivity index (χ1n) is 11.2. The highest BCUT2D eigenvalue weighted by atomic mass is 16.4. The van der Waals surface area contributed by atoms with Crippen molar-refractivity contribution in [3.8, 4) is 0 Å². The molecule has 4 aromatic rings. The number of carboxylic acid groups (broad SMARTS) is 1. The summed E-state index contributed by atoms with van der Waals surface area (Å²) in [7, 11) is 0. The topological polar surface area (TPSA) is 62.5 Å². The quantitative estimate of drug-likeness (QED) is 0.486. The third-order valence-corrected chi connectivity index (χ3v) is 6.66. The number of rotatable bonds is 5. The molecule has 1 N–H and O–H groups in total. The summed E-state index contributed by atoms with van der Waals surface area (Å²) in [6.07, 6.45) is 2.08. The minimum absolute atomic E-state index is 0.0501. The zero-order valence-electron chi connectivity index (χ0n) is 18.1. The zero-order valence-corrected chi connectivity index (χ0v) is 18.1. The van der Waals surface area contributed by atoms with Crippen LogP contribution in [-0.2, 0) is 29.0 Å².